The maximum Gasteiger partial charge on any atom is 0.268 e. The lowest BCUT2D eigenvalue weighted by Gasteiger charge is -2.13. The van der Waals surface area contributed by atoms with E-state index in [4.69, 9.17) is 9.72 Å². The fourth-order valence-corrected chi connectivity index (χ4v) is 6.12. The Morgan fingerprint density at radius 2 is 1.45 bits per heavy atom. The van der Waals surface area contributed by atoms with Gasteiger partial charge in [-0.05, 0) is 47.5 Å². The van der Waals surface area contributed by atoms with Gasteiger partial charge in [-0.15, -0.1) is 23.7 Å². The molecule has 0 aliphatic carbocycles. The molecule has 0 saturated carbocycles. The number of nitrogens with zero attached hydrogens (tertiary/aromatic N) is 2. The zero-order chi connectivity index (χ0) is 25.0. The number of ether oxygens (including phenoxy) is 1. The minimum absolute atomic E-state index is 0. The second-order valence-electron chi connectivity index (χ2n) is 8.42. The molecule has 0 aliphatic rings. The highest BCUT2D eigenvalue weighted by Crippen LogP contribution is 2.34. The standard InChI is InChI=1S/C31H22N2O2S2.ClH/c34-30-28-27(23-12-4-1-5-13-23)21-36-29(28)32-31(33(30)24-14-6-2-7-15-24)37-20-22-11-10-18-26(19-22)35-25-16-8-3-9-17-25;/h1-19,21H,20H2;1H. The number of hydrogen-bond donors (Lipinski definition) is 0. The van der Waals surface area contributed by atoms with Crippen molar-refractivity contribution in [3.8, 4) is 28.3 Å². The Balaban J connectivity index is 0.00000294. The summed E-state index contributed by atoms with van der Waals surface area (Å²) >= 11 is 3.06. The van der Waals surface area contributed by atoms with Crippen LogP contribution in [-0.4, -0.2) is 9.55 Å². The predicted molar refractivity (Wildman–Crippen MR) is 160 cm³/mol. The van der Waals surface area contributed by atoms with Gasteiger partial charge in [-0.3, -0.25) is 9.36 Å². The number of aromatic nitrogens is 2. The topological polar surface area (TPSA) is 44.1 Å². The minimum atomic E-state index is -0.0556. The van der Waals surface area contributed by atoms with Crippen LogP contribution >= 0.6 is 35.5 Å². The molecule has 6 aromatic rings. The fourth-order valence-electron chi connectivity index (χ4n) is 4.18. The number of para-hydroxylation sites is 2. The van der Waals surface area contributed by atoms with Gasteiger partial charge in [-0.2, -0.15) is 0 Å². The third kappa shape index (κ3) is 5.38. The number of hydrogen-bond acceptors (Lipinski definition) is 5. The largest absolute Gasteiger partial charge is 0.457 e. The van der Waals surface area contributed by atoms with Gasteiger partial charge in [-0.1, -0.05) is 90.6 Å². The molecule has 0 radical (unpaired) electrons. The average Bonchev–Trinajstić information content (AvgIpc) is 3.38. The first-order chi connectivity index (χ1) is 18.3. The molecule has 0 atom stereocenters. The zero-order valence-corrected chi connectivity index (χ0v) is 22.6. The second kappa shape index (κ2) is 11.7. The van der Waals surface area contributed by atoms with Crippen molar-refractivity contribution in [3.63, 3.8) is 0 Å². The lowest BCUT2D eigenvalue weighted by Crippen LogP contribution is -2.21. The molecule has 7 heteroatoms. The van der Waals surface area contributed by atoms with E-state index >= 15 is 0 Å². The summed E-state index contributed by atoms with van der Waals surface area (Å²) in [5.41, 5.74) is 3.77. The zero-order valence-electron chi connectivity index (χ0n) is 20.2. The van der Waals surface area contributed by atoms with Crippen LogP contribution < -0.4 is 10.3 Å². The molecule has 0 saturated heterocycles. The van der Waals surface area contributed by atoms with Gasteiger partial charge in [0.15, 0.2) is 5.16 Å². The Morgan fingerprint density at radius 3 is 2.18 bits per heavy atom. The first-order valence-corrected chi connectivity index (χ1v) is 13.7. The molecular weight excluding hydrogens is 532 g/mol. The molecular formula is C31H23ClN2O2S2. The molecule has 4 aromatic carbocycles. The van der Waals surface area contributed by atoms with Crippen LogP contribution in [0.15, 0.2) is 131 Å². The average molecular weight is 555 g/mol. The third-order valence-electron chi connectivity index (χ3n) is 5.92. The summed E-state index contributed by atoms with van der Waals surface area (Å²) < 4.78 is 7.74. The van der Waals surface area contributed by atoms with Gasteiger partial charge in [0.1, 0.15) is 16.3 Å². The van der Waals surface area contributed by atoms with Crippen molar-refractivity contribution in [1.82, 2.24) is 9.55 Å². The van der Waals surface area contributed by atoms with Crippen molar-refractivity contribution in [2.45, 2.75) is 10.9 Å². The van der Waals surface area contributed by atoms with E-state index < -0.39 is 0 Å². The maximum absolute atomic E-state index is 14.0. The fraction of sp³-hybridized carbons (Fsp3) is 0.0323. The van der Waals surface area contributed by atoms with E-state index in [1.165, 1.54) is 11.3 Å². The van der Waals surface area contributed by atoms with Gasteiger partial charge in [0.2, 0.25) is 0 Å². The van der Waals surface area contributed by atoms with Crippen molar-refractivity contribution in [2.75, 3.05) is 0 Å². The van der Waals surface area contributed by atoms with Gasteiger partial charge >= 0.3 is 0 Å². The van der Waals surface area contributed by atoms with E-state index in [9.17, 15) is 4.79 Å². The molecule has 0 bridgehead atoms. The Hall–Kier alpha value is -3.84. The van der Waals surface area contributed by atoms with Crippen molar-refractivity contribution in [2.24, 2.45) is 0 Å². The van der Waals surface area contributed by atoms with Crippen molar-refractivity contribution < 1.29 is 4.74 Å². The molecule has 4 nitrogen and oxygen atoms in total. The summed E-state index contributed by atoms with van der Waals surface area (Å²) in [5.74, 6) is 2.22. The Bertz CT molecular complexity index is 1720. The molecule has 2 heterocycles. The van der Waals surface area contributed by atoms with Crippen LogP contribution in [0.25, 0.3) is 27.0 Å². The highest BCUT2D eigenvalue weighted by molar-refractivity contribution is 7.98. The summed E-state index contributed by atoms with van der Waals surface area (Å²) in [6.07, 6.45) is 0. The van der Waals surface area contributed by atoms with Crippen molar-refractivity contribution in [3.05, 3.63) is 137 Å². The molecule has 188 valence electrons. The molecule has 0 amide bonds. The van der Waals surface area contributed by atoms with Crippen LogP contribution in [0.5, 0.6) is 11.5 Å². The summed E-state index contributed by atoms with van der Waals surface area (Å²) in [4.78, 5) is 19.7. The second-order valence-corrected chi connectivity index (χ2v) is 10.2. The molecule has 0 spiro atoms. The van der Waals surface area contributed by atoms with E-state index in [2.05, 4.69) is 6.07 Å². The van der Waals surface area contributed by atoms with Crippen LogP contribution in [0.4, 0.5) is 0 Å². The number of rotatable bonds is 7. The molecule has 2 aromatic heterocycles. The molecule has 0 unspecified atom stereocenters. The predicted octanol–water partition coefficient (Wildman–Crippen LogP) is 8.62. The lowest BCUT2D eigenvalue weighted by atomic mass is 10.1. The van der Waals surface area contributed by atoms with Gasteiger partial charge < -0.3 is 4.74 Å². The molecule has 0 fully saturated rings. The van der Waals surface area contributed by atoms with Crippen LogP contribution in [-0.2, 0) is 5.75 Å². The van der Waals surface area contributed by atoms with Crippen LogP contribution in [0, 0.1) is 0 Å². The Kier molecular flexibility index (Phi) is 7.94. The summed E-state index contributed by atoms with van der Waals surface area (Å²) in [6.45, 7) is 0. The summed E-state index contributed by atoms with van der Waals surface area (Å²) in [7, 11) is 0. The van der Waals surface area contributed by atoms with E-state index in [0.717, 1.165) is 38.7 Å². The third-order valence-corrected chi connectivity index (χ3v) is 7.80. The van der Waals surface area contributed by atoms with Crippen molar-refractivity contribution >= 4 is 45.7 Å². The van der Waals surface area contributed by atoms with Gasteiger partial charge in [0.05, 0.1) is 11.1 Å². The number of benzene rings is 4. The SMILES string of the molecule is Cl.O=c1c2c(-c3ccccc3)csc2nc(SCc2cccc(Oc3ccccc3)c2)n1-c1ccccc1. The van der Waals surface area contributed by atoms with E-state index in [1.54, 1.807) is 16.3 Å². The van der Waals surface area contributed by atoms with E-state index in [0.29, 0.717) is 16.3 Å². The quantitative estimate of drug-likeness (QED) is 0.146. The Labute approximate surface area is 235 Å². The lowest BCUT2D eigenvalue weighted by molar-refractivity contribution is 0.482. The number of halogens is 1. The van der Waals surface area contributed by atoms with Crippen molar-refractivity contribution in [1.29, 1.82) is 0 Å². The molecule has 0 aliphatic heterocycles. The molecule has 38 heavy (non-hydrogen) atoms. The summed E-state index contributed by atoms with van der Waals surface area (Å²) in [6, 6.07) is 37.5. The van der Waals surface area contributed by atoms with Gasteiger partial charge in [0, 0.05) is 16.7 Å². The normalized spacial score (nSPS) is 10.7. The van der Waals surface area contributed by atoms with Gasteiger partial charge in [-0.25, -0.2) is 4.98 Å². The first-order valence-electron chi connectivity index (χ1n) is 11.9. The number of fused-ring (bicyclic) bond motifs is 1. The maximum atomic E-state index is 14.0. The highest BCUT2D eigenvalue weighted by atomic mass is 35.5. The van der Waals surface area contributed by atoms with Crippen LogP contribution in [0.2, 0.25) is 0 Å². The number of thiophene rings is 1. The number of thioether (sulfide) groups is 1. The molecule has 6 rings (SSSR count). The van der Waals surface area contributed by atoms with E-state index in [1.807, 2.05) is 115 Å². The minimum Gasteiger partial charge on any atom is -0.457 e. The van der Waals surface area contributed by atoms with Crippen LogP contribution in [0.3, 0.4) is 0 Å². The summed E-state index contributed by atoms with van der Waals surface area (Å²) in [5, 5.41) is 3.35. The smallest absolute Gasteiger partial charge is 0.268 e. The Morgan fingerprint density at radius 1 is 0.789 bits per heavy atom. The van der Waals surface area contributed by atoms with E-state index in [-0.39, 0.29) is 18.0 Å². The first kappa shape index (κ1) is 25.8. The monoisotopic (exact) mass is 554 g/mol. The highest BCUT2D eigenvalue weighted by Gasteiger charge is 2.18. The molecule has 0 N–H and O–H groups in total. The van der Waals surface area contributed by atoms with Crippen LogP contribution in [0.1, 0.15) is 5.56 Å². The van der Waals surface area contributed by atoms with Gasteiger partial charge in [0.25, 0.3) is 5.56 Å².